The van der Waals surface area contributed by atoms with E-state index >= 15 is 0 Å². The first kappa shape index (κ1) is 18.0. The van der Waals surface area contributed by atoms with Crippen molar-refractivity contribution < 1.29 is 9.53 Å². The van der Waals surface area contributed by atoms with Crippen molar-refractivity contribution in [3.05, 3.63) is 18.5 Å². The number of aromatic nitrogens is 5. The molecule has 3 N–H and O–H groups in total. The minimum atomic E-state index is -0.0621. The van der Waals surface area contributed by atoms with Gasteiger partial charge in [0, 0.05) is 18.2 Å². The zero-order valence-electron chi connectivity index (χ0n) is 16.7. The van der Waals surface area contributed by atoms with Crippen LogP contribution in [0.15, 0.2) is 18.5 Å². The van der Waals surface area contributed by atoms with Gasteiger partial charge in [0.05, 0.1) is 29.9 Å². The molecule has 152 valence electrons. The smallest absolute Gasteiger partial charge is 0.322 e. The maximum atomic E-state index is 13.0. The molecule has 1 spiro atoms. The highest BCUT2D eigenvalue weighted by molar-refractivity contribution is 5.94. The summed E-state index contributed by atoms with van der Waals surface area (Å²) in [5.74, 6) is 0.664. The van der Waals surface area contributed by atoms with Crippen LogP contribution in [0.5, 0.6) is 5.75 Å². The number of hydrogen-bond donors (Lipinski definition) is 3. The molecule has 2 fully saturated rings. The molecule has 1 aliphatic carbocycles. The molecule has 29 heavy (non-hydrogen) atoms. The zero-order chi connectivity index (χ0) is 20.0. The number of likely N-dealkylation sites (tertiary alicyclic amines) is 1. The SMILES string of the molecule is CC(C)Oc1cc(-c2[nH]ncc2NC(=O)N2CCCCC23CC3)nc2cn[nH]c12. The average molecular weight is 395 g/mol. The van der Waals surface area contributed by atoms with Gasteiger partial charge in [-0.1, -0.05) is 0 Å². The monoisotopic (exact) mass is 395 g/mol. The van der Waals surface area contributed by atoms with E-state index in [0.717, 1.165) is 37.7 Å². The van der Waals surface area contributed by atoms with Crippen LogP contribution in [0.3, 0.4) is 0 Å². The fourth-order valence-corrected chi connectivity index (χ4v) is 4.22. The van der Waals surface area contributed by atoms with E-state index in [0.29, 0.717) is 28.3 Å². The number of anilines is 1. The topological polar surface area (TPSA) is 112 Å². The number of urea groups is 1. The lowest BCUT2D eigenvalue weighted by Crippen LogP contribution is -2.47. The molecule has 0 radical (unpaired) electrons. The number of rotatable bonds is 4. The summed E-state index contributed by atoms with van der Waals surface area (Å²) < 4.78 is 5.94. The predicted octanol–water partition coefficient (Wildman–Crippen LogP) is 3.69. The highest BCUT2D eigenvalue weighted by atomic mass is 16.5. The second-order valence-corrected chi connectivity index (χ2v) is 8.22. The minimum Gasteiger partial charge on any atom is -0.489 e. The molecule has 2 amide bonds. The normalized spacial score (nSPS) is 17.8. The second-order valence-electron chi connectivity index (χ2n) is 8.22. The van der Waals surface area contributed by atoms with Crippen LogP contribution in [0, 0.1) is 0 Å². The summed E-state index contributed by atoms with van der Waals surface area (Å²) in [4.78, 5) is 19.7. The number of pyridine rings is 1. The number of carbonyl (C=O) groups excluding carboxylic acids is 1. The average Bonchev–Trinajstić information content (AvgIpc) is 3.09. The van der Waals surface area contributed by atoms with Crippen molar-refractivity contribution in [3.63, 3.8) is 0 Å². The molecule has 0 aromatic carbocycles. The molecule has 0 unspecified atom stereocenters. The molecule has 1 aliphatic heterocycles. The lowest BCUT2D eigenvalue weighted by atomic mass is 10.0. The third-order valence-electron chi connectivity index (χ3n) is 5.79. The fraction of sp³-hybridized carbons (Fsp3) is 0.500. The van der Waals surface area contributed by atoms with Gasteiger partial charge in [-0.3, -0.25) is 10.2 Å². The second kappa shape index (κ2) is 6.75. The highest BCUT2D eigenvalue weighted by Crippen LogP contribution is 2.48. The summed E-state index contributed by atoms with van der Waals surface area (Å²) in [5, 5.41) is 17.2. The van der Waals surface area contributed by atoms with Crippen LogP contribution in [0.1, 0.15) is 46.0 Å². The van der Waals surface area contributed by atoms with Gasteiger partial charge < -0.3 is 15.0 Å². The van der Waals surface area contributed by atoms with Crippen molar-refractivity contribution in [2.75, 3.05) is 11.9 Å². The molecule has 2 aliphatic rings. The molecule has 9 nitrogen and oxygen atoms in total. The summed E-state index contributed by atoms with van der Waals surface area (Å²) in [6, 6.07) is 1.78. The van der Waals surface area contributed by atoms with Gasteiger partial charge in [0.2, 0.25) is 0 Å². The van der Waals surface area contributed by atoms with Gasteiger partial charge in [-0.15, -0.1) is 0 Å². The van der Waals surface area contributed by atoms with E-state index in [1.54, 1.807) is 12.4 Å². The molecule has 4 heterocycles. The van der Waals surface area contributed by atoms with Gasteiger partial charge >= 0.3 is 6.03 Å². The highest BCUT2D eigenvalue weighted by Gasteiger charge is 2.51. The molecule has 0 atom stereocenters. The quantitative estimate of drug-likeness (QED) is 0.624. The van der Waals surface area contributed by atoms with E-state index in [4.69, 9.17) is 4.74 Å². The van der Waals surface area contributed by atoms with Crippen molar-refractivity contribution >= 4 is 22.8 Å². The molecule has 3 aromatic rings. The lowest BCUT2D eigenvalue weighted by Gasteiger charge is -2.36. The fourth-order valence-electron chi connectivity index (χ4n) is 4.22. The summed E-state index contributed by atoms with van der Waals surface area (Å²) >= 11 is 0. The van der Waals surface area contributed by atoms with E-state index in [9.17, 15) is 4.79 Å². The molecular weight excluding hydrogens is 370 g/mol. The van der Waals surface area contributed by atoms with Crippen molar-refractivity contribution in [2.24, 2.45) is 0 Å². The first-order valence-electron chi connectivity index (χ1n) is 10.2. The van der Waals surface area contributed by atoms with Crippen LogP contribution in [-0.4, -0.2) is 54.5 Å². The number of nitrogens with zero attached hydrogens (tertiary/aromatic N) is 4. The van der Waals surface area contributed by atoms with Crippen molar-refractivity contribution in [1.29, 1.82) is 0 Å². The van der Waals surface area contributed by atoms with Crippen LogP contribution in [0.25, 0.3) is 22.4 Å². The summed E-state index contributed by atoms with van der Waals surface area (Å²) in [7, 11) is 0. The predicted molar refractivity (Wildman–Crippen MR) is 109 cm³/mol. The van der Waals surface area contributed by atoms with Crippen LogP contribution in [-0.2, 0) is 0 Å². The largest absolute Gasteiger partial charge is 0.489 e. The van der Waals surface area contributed by atoms with Gasteiger partial charge in [-0.25, -0.2) is 9.78 Å². The van der Waals surface area contributed by atoms with Gasteiger partial charge in [-0.2, -0.15) is 10.2 Å². The third-order valence-corrected chi connectivity index (χ3v) is 5.79. The Morgan fingerprint density at radius 3 is 2.83 bits per heavy atom. The number of carbonyl (C=O) groups is 1. The Bertz CT molecular complexity index is 1050. The van der Waals surface area contributed by atoms with Gasteiger partial charge in [-0.05, 0) is 46.0 Å². The number of nitrogens with one attached hydrogen (secondary N) is 3. The summed E-state index contributed by atoms with van der Waals surface area (Å²) in [5.41, 5.74) is 3.43. The third kappa shape index (κ3) is 3.20. The van der Waals surface area contributed by atoms with E-state index in [2.05, 4.69) is 30.7 Å². The lowest BCUT2D eigenvalue weighted by molar-refractivity contribution is 0.151. The molecule has 0 bridgehead atoms. The standard InChI is InChI=1S/C20H25N7O2/c1-12(2)29-16-9-13(23-15-11-22-26-18(15)16)17-14(10-21-25-17)24-19(28)27-8-4-3-5-20(27)6-7-20/h9-12H,3-8H2,1-2H3,(H,21,25)(H,22,26)(H,24,28). The van der Waals surface area contributed by atoms with E-state index in [1.807, 2.05) is 24.8 Å². The maximum absolute atomic E-state index is 13.0. The Kier molecular flexibility index (Phi) is 4.18. The van der Waals surface area contributed by atoms with Crippen molar-refractivity contribution in [3.8, 4) is 17.1 Å². The number of piperidine rings is 1. The van der Waals surface area contributed by atoms with Crippen LogP contribution in [0.2, 0.25) is 0 Å². The number of H-pyrrole nitrogens is 2. The maximum Gasteiger partial charge on any atom is 0.322 e. The summed E-state index contributed by atoms with van der Waals surface area (Å²) in [6.07, 6.45) is 8.86. The van der Waals surface area contributed by atoms with Crippen molar-refractivity contribution in [2.45, 2.75) is 57.6 Å². The van der Waals surface area contributed by atoms with E-state index in [-0.39, 0.29) is 17.7 Å². The molecule has 1 saturated carbocycles. The Labute approximate surface area is 168 Å². The number of fused-ring (bicyclic) bond motifs is 1. The molecule has 5 rings (SSSR count). The van der Waals surface area contributed by atoms with Gasteiger partial charge in [0.25, 0.3) is 0 Å². The zero-order valence-corrected chi connectivity index (χ0v) is 16.7. The first-order valence-corrected chi connectivity index (χ1v) is 10.2. The van der Waals surface area contributed by atoms with Crippen LogP contribution >= 0.6 is 0 Å². The van der Waals surface area contributed by atoms with Crippen LogP contribution in [0.4, 0.5) is 10.5 Å². The molecule has 3 aromatic heterocycles. The van der Waals surface area contributed by atoms with E-state index < -0.39 is 0 Å². The number of hydrogen-bond acceptors (Lipinski definition) is 5. The first-order chi connectivity index (χ1) is 14.1. The van der Waals surface area contributed by atoms with Gasteiger partial charge in [0.1, 0.15) is 22.5 Å². The number of amides is 2. The number of aromatic amines is 2. The molecule has 1 saturated heterocycles. The van der Waals surface area contributed by atoms with E-state index in [1.165, 1.54) is 6.42 Å². The molecular formula is C20H25N7O2. The number of ether oxygens (including phenoxy) is 1. The molecule has 9 heteroatoms. The Morgan fingerprint density at radius 2 is 2.03 bits per heavy atom. The minimum absolute atomic E-state index is 0.00604. The Morgan fingerprint density at radius 1 is 1.21 bits per heavy atom. The summed E-state index contributed by atoms with van der Waals surface area (Å²) in [6.45, 7) is 4.75. The van der Waals surface area contributed by atoms with Gasteiger partial charge in [0.15, 0.2) is 0 Å². The van der Waals surface area contributed by atoms with Crippen molar-refractivity contribution in [1.82, 2.24) is 30.3 Å². The Balaban J connectivity index is 1.45. The Hall–Kier alpha value is -3.10. The van der Waals surface area contributed by atoms with Crippen LogP contribution < -0.4 is 10.1 Å².